The van der Waals surface area contributed by atoms with Gasteiger partial charge in [-0.1, -0.05) is 29.8 Å². The zero-order valence-electron chi connectivity index (χ0n) is 13.0. The Hall–Kier alpha value is -2.52. The maximum absolute atomic E-state index is 12.2. The van der Waals surface area contributed by atoms with E-state index in [2.05, 4.69) is 6.07 Å². The van der Waals surface area contributed by atoms with Gasteiger partial charge in [-0.05, 0) is 52.6 Å². The lowest BCUT2D eigenvalue weighted by molar-refractivity contribution is 0.357. The summed E-state index contributed by atoms with van der Waals surface area (Å²) in [6.45, 7) is 1.27. The summed E-state index contributed by atoms with van der Waals surface area (Å²) in [5.41, 5.74) is 4.38. The summed E-state index contributed by atoms with van der Waals surface area (Å²) in [7, 11) is 0. The summed E-state index contributed by atoms with van der Waals surface area (Å²) < 4.78 is 7.28. The first-order chi connectivity index (χ1) is 11.7. The predicted molar refractivity (Wildman–Crippen MR) is 95.9 cm³/mol. The SMILES string of the molecule is O=c1ccc(-c2ccc3c(c2)CCO3)cn1Cc1ccc(Cl)cc1. The molecule has 4 heteroatoms. The average Bonchev–Trinajstić information content (AvgIpc) is 3.06. The van der Waals surface area contributed by atoms with Crippen molar-refractivity contribution in [3.05, 3.63) is 87.3 Å². The lowest BCUT2D eigenvalue weighted by atomic mass is 10.0. The van der Waals surface area contributed by atoms with Crippen molar-refractivity contribution in [2.24, 2.45) is 0 Å². The van der Waals surface area contributed by atoms with Crippen molar-refractivity contribution in [3.8, 4) is 16.9 Å². The molecule has 120 valence electrons. The van der Waals surface area contributed by atoms with Crippen LogP contribution in [-0.4, -0.2) is 11.2 Å². The van der Waals surface area contributed by atoms with Crippen molar-refractivity contribution in [2.75, 3.05) is 6.61 Å². The Labute approximate surface area is 145 Å². The lowest BCUT2D eigenvalue weighted by Gasteiger charge is -2.10. The molecule has 3 nitrogen and oxygen atoms in total. The molecule has 3 aromatic rings. The molecule has 24 heavy (non-hydrogen) atoms. The zero-order chi connectivity index (χ0) is 16.5. The minimum absolute atomic E-state index is 0.0156. The van der Waals surface area contributed by atoms with Crippen molar-refractivity contribution in [1.82, 2.24) is 4.57 Å². The molecule has 0 atom stereocenters. The number of benzene rings is 2. The monoisotopic (exact) mass is 337 g/mol. The number of pyridine rings is 1. The van der Waals surface area contributed by atoms with E-state index in [9.17, 15) is 4.79 Å². The van der Waals surface area contributed by atoms with Crippen LogP contribution in [0.2, 0.25) is 5.02 Å². The fourth-order valence-corrected chi connectivity index (χ4v) is 3.10. The van der Waals surface area contributed by atoms with Gasteiger partial charge in [0.15, 0.2) is 0 Å². The number of nitrogens with zero attached hydrogens (tertiary/aromatic N) is 1. The molecule has 0 radical (unpaired) electrons. The molecule has 1 aromatic heterocycles. The second-order valence-corrected chi connectivity index (χ2v) is 6.37. The second-order valence-electron chi connectivity index (χ2n) is 5.93. The van der Waals surface area contributed by atoms with Crippen LogP contribution >= 0.6 is 11.6 Å². The highest BCUT2D eigenvalue weighted by Gasteiger charge is 2.13. The highest BCUT2D eigenvalue weighted by atomic mass is 35.5. The van der Waals surface area contributed by atoms with Gasteiger partial charge in [0.2, 0.25) is 0 Å². The first-order valence-corrected chi connectivity index (χ1v) is 8.28. The summed E-state index contributed by atoms with van der Waals surface area (Å²) in [5, 5.41) is 0.695. The minimum atomic E-state index is -0.0156. The lowest BCUT2D eigenvalue weighted by Crippen LogP contribution is -2.19. The topological polar surface area (TPSA) is 31.2 Å². The number of hydrogen-bond donors (Lipinski definition) is 0. The van der Waals surface area contributed by atoms with Gasteiger partial charge >= 0.3 is 0 Å². The molecule has 0 fully saturated rings. The molecular weight excluding hydrogens is 322 g/mol. The van der Waals surface area contributed by atoms with E-state index in [1.165, 1.54) is 5.56 Å². The molecule has 2 aromatic carbocycles. The number of fused-ring (bicyclic) bond motifs is 1. The molecule has 0 saturated carbocycles. The van der Waals surface area contributed by atoms with Crippen LogP contribution in [0.5, 0.6) is 5.75 Å². The fourth-order valence-electron chi connectivity index (χ4n) is 2.98. The van der Waals surface area contributed by atoms with E-state index < -0.39 is 0 Å². The Bertz CT molecular complexity index is 945. The first kappa shape index (κ1) is 15.0. The molecule has 4 rings (SSSR count). The summed E-state index contributed by atoms with van der Waals surface area (Å²) in [5.74, 6) is 0.966. The van der Waals surface area contributed by atoms with Crippen LogP contribution in [0.15, 0.2) is 65.6 Å². The second kappa shape index (κ2) is 6.17. The average molecular weight is 338 g/mol. The third-order valence-corrected chi connectivity index (χ3v) is 4.52. The molecule has 0 spiro atoms. The standard InChI is InChI=1S/C20H16ClNO2/c21-18-5-1-14(2-6-18)12-22-13-17(4-8-20(22)23)15-3-7-19-16(11-15)9-10-24-19/h1-8,11,13H,9-10,12H2. The molecule has 0 N–H and O–H groups in total. The van der Waals surface area contributed by atoms with Crippen LogP contribution in [-0.2, 0) is 13.0 Å². The van der Waals surface area contributed by atoms with Crippen LogP contribution < -0.4 is 10.3 Å². The molecule has 1 aliphatic heterocycles. The molecule has 0 amide bonds. The van der Waals surface area contributed by atoms with E-state index in [1.807, 2.05) is 48.7 Å². The quantitative estimate of drug-likeness (QED) is 0.719. The van der Waals surface area contributed by atoms with E-state index in [1.54, 1.807) is 10.6 Å². The number of ether oxygens (including phenoxy) is 1. The molecule has 0 bridgehead atoms. The van der Waals surface area contributed by atoms with Crippen LogP contribution in [0.25, 0.3) is 11.1 Å². The summed E-state index contributed by atoms with van der Waals surface area (Å²) in [4.78, 5) is 12.2. The molecule has 0 aliphatic carbocycles. The van der Waals surface area contributed by atoms with Crippen molar-refractivity contribution in [3.63, 3.8) is 0 Å². The third kappa shape index (κ3) is 2.95. The minimum Gasteiger partial charge on any atom is -0.493 e. The van der Waals surface area contributed by atoms with Gasteiger partial charge in [0, 0.05) is 23.7 Å². The van der Waals surface area contributed by atoms with Crippen molar-refractivity contribution >= 4 is 11.6 Å². The summed E-state index contributed by atoms with van der Waals surface area (Å²) in [6, 6.07) is 17.2. The van der Waals surface area contributed by atoms with E-state index in [4.69, 9.17) is 16.3 Å². The van der Waals surface area contributed by atoms with Gasteiger partial charge in [0.25, 0.3) is 5.56 Å². The van der Waals surface area contributed by atoms with Gasteiger partial charge in [-0.2, -0.15) is 0 Å². The van der Waals surface area contributed by atoms with Gasteiger partial charge in [0.05, 0.1) is 13.2 Å². The highest BCUT2D eigenvalue weighted by Crippen LogP contribution is 2.30. The Morgan fingerprint density at radius 3 is 2.62 bits per heavy atom. The predicted octanol–water partition coefficient (Wildman–Crippen LogP) is 4.15. The Kier molecular flexibility index (Phi) is 3.87. The van der Waals surface area contributed by atoms with E-state index in [0.717, 1.165) is 35.5 Å². The van der Waals surface area contributed by atoms with Gasteiger partial charge in [-0.15, -0.1) is 0 Å². The van der Waals surface area contributed by atoms with Crippen LogP contribution in [0.1, 0.15) is 11.1 Å². The maximum atomic E-state index is 12.2. The van der Waals surface area contributed by atoms with Crippen LogP contribution in [0.3, 0.4) is 0 Å². The summed E-state index contributed by atoms with van der Waals surface area (Å²) in [6.07, 6.45) is 2.85. The van der Waals surface area contributed by atoms with Crippen molar-refractivity contribution in [2.45, 2.75) is 13.0 Å². The molecule has 0 saturated heterocycles. The normalized spacial score (nSPS) is 12.7. The highest BCUT2D eigenvalue weighted by molar-refractivity contribution is 6.30. The Morgan fingerprint density at radius 2 is 1.79 bits per heavy atom. The van der Waals surface area contributed by atoms with Crippen molar-refractivity contribution in [1.29, 1.82) is 0 Å². The molecular formula is C20H16ClNO2. The van der Waals surface area contributed by atoms with Gasteiger partial charge in [-0.25, -0.2) is 0 Å². The molecule has 2 heterocycles. The smallest absolute Gasteiger partial charge is 0.250 e. The van der Waals surface area contributed by atoms with Crippen LogP contribution in [0.4, 0.5) is 0 Å². The van der Waals surface area contributed by atoms with E-state index in [-0.39, 0.29) is 5.56 Å². The zero-order valence-corrected chi connectivity index (χ0v) is 13.8. The number of halogens is 1. The Balaban J connectivity index is 1.68. The largest absolute Gasteiger partial charge is 0.493 e. The third-order valence-electron chi connectivity index (χ3n) is 4.27. The van der Waals surface area contributed by atoms with Crippen molar-refractivity contribution < 1.29 is 4.74 Å². The Morgan fingerprint density at radius 1 is 1.00 bits per heavy atom. The fraction of sp³-hybridized carbons (Fsp3) is 0.150. The van der Waals surface area contributed by atoms with E-state index in [0.29, 0.717) is 11.6 Å². The maximum Gasteiger partial charge on any atom is 0.250 e. The van der Waals surface area contributed by atoms with Crippen LogP contribution in [0, 0.1) is 0 Å². The molecule has 1 aliphatic rings. The summed E-state index contributed by atoms with van der Waals surface area (Å²) >= 11 is 5.92. The van der Waals surface area contributed by atoms with E-state index >= 15 is 0 Å². The first-order valence-electron chi connectivity index (χ1n) is 7.90. The number of aromatic nitrogens is 1. The number of rotatable bonds is 3. The number of hydrogen-bond acceptors (Lipinski definition) is 2. The van der Waals surface area contributed by atoms with Gasteiger partial charge in [-0.3, -0.25) is 4.79 Å². The van der Waals surface area contributed by atoms with Gasteiger partial charge < -0.3 is 9.30 Å². The molecule has 0 unspecified atom stereocenters. The van der Waals surface area contributed by atoms with Gasteiger partial charge in [0.1, 0.15) is 5.75 Å².